The summed E-state index contributed by atoms with van der Waals surface area (Å²) in [6, 6.07) is 13.6. The predicted molar refractivity (Wildman–Crippen MR) is 197 cm³/mol. The Morgan fingerprint density at radius 2 is 1.02 bits per heavy atom. The Labute approximate surface area is 279 Å². The Morgan fingerprint density at radius 1 is 0.644 bits per heavy atom. The van der Waals surface area contributed by atoms with Crippen molar-refractivity contribution in [1.29, 1.82) is 0 Å². The fourth-order valence-electron chi connectivity index (χ4n) is 8.39. The Balaban J connectivity index is 2.48. The van der Waals surface area contributed by atoms with Gasteiger partial charge < -0.3 is 8.75 Å². The molecule has 0 saturated carbocycles. The highest BCUT2D eigenvalue weighted by Gasteiger charge is 2.60. The highest BCUT2D eigenvalue weighted by atomic mass is 28.4. The summed E-state index contributed by atoms with van der Waals surface area (Å²) < 4.78 is 17.6. The van der Waals surface area contributed by atoms with E-state index in [4.69, 9.17) is 8.75 Å². The van der Waals surface area contributed by atoms with Crippen LogP contribution in [-0.2, 0) is 4.12 Å². The van der Waals surface area contributed by atoms with E-state index in [0.29, 0.717) is 23.7 Å². The molecule has 0 amide bonds. The first-order valence-electron chi connectivity index (χ1n) is 17.1. The van der Waals surface area contributed by atoms with Crippen LogP contribution in [0.1, 0.15) is 164 Å². The Bertz CT molecular complexity index is 1320. The molecule has 0 bridgehead atoms. The van der Waals surface area contributed by atoms with Gasteiger partial charge in [-0.05, 0) is 61.0 Å². The van der Waals surface area contributed by atoms with Crippen LogP contribution in [0.25, 0.3) is 11.4 Å². The van der Waals surface area contributed by atoms with E-state index in [2.05, 4.69) is 176 Å². The molecule has 3 rings (SSSR count). The lowest BCUT2D eigenvalue weighted by molar-refractivity contribution is -0.581. The third-order valence-corrected chi connectivity index (χ3v) is 17.7. The van der Waals surface area contributed by atoms with Crippen LogP contribution in [0.4, 0.5) is 5.95 Å². The molecule has 248 valence electrons. The van der Waals surface area contributed by atoms with E-state index in [-0.39, 0.29) is 24.7 Å². The summed E-state index contributed by atoms with van der Waals surface area (Å²) in [5, 5.41) is 0.0658. The smallest absolute Gasteiger partial charge is 0.361 e. The van der Waals surface area contributed by atoms with Crippen LogP contribution in [0.2, 0.25) is 15.1 Å². The summed E-state index contributed by atoms with van der Waals surface area (Å²) in [7, 11) is -2.45. The zero-order valence-electron chi connectivity index (χ0n) is 31.7. The normalized spacial score (nSPS) is 13.7. The topological polar surface area (TPSA) is 30.4 Å². The molecular weight excluding hydrogens is 583 g/mol. The third-order valence-electron chi connectivity index (χ3n) is 9.48. The molecule has 0 unspecified atom stereocenters. The first-order chi connectivity index (χ1) is 20.6. The van der Waals surface area contributed by atoms with Gasteiger partial charge in [-0.1, -0.05) is 154 Å². The summed E-state index contributed by atoms with van der Waals surface area (Å²) in [5.74, 6) is 2.42. The lowest BCUT2D eigenvalue weighted by atomic mass is 9.92. The zero-order chi connectivity index (χ0) is 34.3. The molecule has 0 atom stereocenters. The number of rotatable bonds is 9. The molecule has 0 radical (unpaired) electrons. The van der Waals surface area contributed by atoms with Gasteiger partial charge in [0.25, 0.3) is 0 Å². The van der Waals surface area contributed by atoms with Crippen molar-refractivity contribution in [1.82, 2.24) is 4.57 Å². The molecule has 0 N–H and O–H groups in total. The third kappa shape index (κ3) is 7.02. The molecule has 3 aromatic rings. The maximum absolute atomic E-state index is 7.36. The molecule has 1 aromatic heterocycles. The van der Waals surface area contributed by atoms with Gasteiger partial charge in [0.05, 0.1) is 0 Å². The highest BCUT2D eigenvalue weighted by Crippen LogP contribution is 2.62. The van der Waals surface area contributed by atoms with Gasteiger partial charge in [0, 0.05) is 9.56 Å². The molecule has 0 aliphatic carbocycles. The number of hydrogen-bond donors (Lipinski definition) is 0. The Kier molecular flexibility index (Phi) is 11.1. The van der Waals surface area contributed by atoms with Crippen LogP contribution in [0.3, 0.4) is 0 Å². The minimum Gasteiger partial charge on any atom is -0.764 e. The lowest BCUT2D eigenvalue weighted by Gasteiger charge is -2.60. The molecular formula is C39H63N3OSi2. The monoisotopic (exact) mass is 645 g/mol. The van der Waals surface area contributed by atoms with Crippen LogP contribution in [-0.4, -0.2) is 22.4 Å². The molecule has 45 heavy (non-hydrogen) atoms. The standard InChI is InChI=1S/C39H63N3OSi2/c1-26(2)30-20-18-21-31(27(3)4)34(30)41-24-25-42(35-32(28(5)6)22-19-23-33(35)29(7)8)36(41)40-44-43-45(37(9,10)11,38(12,13)14)39(15,16)17/h18-29H,1-17H3. The van der Waals surface area contributed by atoms with E-state index in [0.717, 1.165) is 5.95 Å². The van der Waals surface area contributed by atoms with Crippen molar-refractivity contribution >= 4 is 23.8 Å². The van der Waals surface area contributed by atoms with Gasteiger partial charge in [-0.15, -0.1) is 0 Å². The fraction of sp³-hybridized carbons (Fsp3) is 0.615. The summed E-state index contributed by atoms with van der Waals surface area (Å²) in [4.78, 5) is 0. The van der Waals surface area contributed by atoms with Crippen molar-refractivity contribution < 1.29 is 8.68 Å². The van der Waals surface area contributed by atoms with Crippen molar-refractivity contribution in [2.75, 3.05) is 0 Å². The summed E-state index contributed by atoms with van der Waals surface area (Å²) >= 11 is 0. The molecule has 0 spiro atoms. The van der Waals surface area contributed by atoms with Gasteiger partial charge >= 0.3 is 5.95 Å². The van der Waals surface area contributed by atoms with Gasteiger partial charge in [0.1, 0.15) is 23.8 Å². The van der Waals surface area contributed by atoms with E-state index in [1.54, 1.807) is 0 Å². The lowest BCUT2D eigenvalue weighted by Crippen LogP contribution is -2.60. The van der Waals surface area contributed by atoms with Gasteiger partial charge in [-0.25, -0.2) is 9.13 Å². The first kappa shape index (κ1) is 37.1. The average Bonchev–Trinajstić information content (AvgIpc) is 3.30. The minimum atomic E-state index is -2.44. The van der Waals surface area contributed by atoms with E-state index >= 15 is 0 Å². The maximum atomic E-state index is 7.36. The van der Waals surface area contributed by atoms with Gasteiger partial charge in [-0.2, -0.15) is 0 Å². The van der Waals surface area contributed by atoms with Crippen LogP contribution in [0.15, 0.2) is 53.4 Å². The minimum absolute atomic E-state index is 0.00853. The second-order valence-corrected chi connectivity index (χ2v) is 24.3. The maximum Gasteiger partial charge on any atom is 0.361 e. The summed E-state index contributed by atoms with van der Waals surface area (Å²) in [6.07, 6.45) is 4.47. The van der Waals surface area contributed by atoms with Crippen molar-refractivity contribution in [2.45, 2.75) is 156 Å². The molecule has 1 heterocycles. The van der Waals surface area contributed by atoms with Crippen molar-refractivity contribution in [3.8, 4) is 11.4 Å². The molecule has 0 saturated heterocycles. The Morgan fingerprint density at radius 3 is 1.38 bits per heavy atom. The molecule has 0 aliphatic rings. The zero-order valence-corrected chi connectivity index (χ0v) is 33.7. The number of benzene rings is 2. The number of para-hydroxylation sites is 2. The second-order valence-electron chi connectivity index (χ2n) is 17.3. The molecule has 4 nitrogen and oxygen atoms in total. The van der Waals surface area contributed by atoms with E-state index in [1.807, 2.05) is 0 Å². The highest BCUT2D eigenvalue weighted by molar-refractivity contribution is 6.84. The van der Waals surface area contributed by atoms with Crippen molar-refractivity contribution in [3.05, 3.63) is 71.0 Å². The average molecular weight is 646 g/mol. The van der Waals surface area contributed by atoms with Crippen LogP contribution in [0, 0.1) is 0 Å². The number of hydrogen-bond acceptors (Lipinski definition) is 2. The molecule has 6 heteroatoms. The summed E-state index contributed by atoms with van der Waals surface area (Å²) in [5.41, 5.74) is 7.87. The Hall–Kier alpha value is -2.32. The second kappa shape index (κ2) is 13.4. The molecule has 0 fully saturated rings. The largest absolute Gasteiger partial charge is 0.764 e. The van der Waals surface area contributed by atoms with Crippen LogP contribution in [0.5, 0.6) is 0 Å². The first-order valence-corrected chi connectivity index (χ1v) is 19.9. The number of imidazole rings is 1. The van der Waals surface area contributed by atoms with E-state index in [1.165, 1.54) is 33.6 Å². The quantitative estimate of drug-likeness (QED) is 0.168. The molecule has 2 aromatic carbocycles. The van der Waals surface area contributed by atoms with E-state index < -0.39 is 8.32 Å². The number of aromatic nitrogens is 2. The molecule has 0 aliphatic heterocycles. The van der Waals surface area contributed by atoms with Crippen LogP contribution >= 0.6 is 0 Å². The van der Waals surface area contributed by atoms with Crippen molar-refractivity contribution in [3.63, 3.8) is 0 Å². The fourth-order valence-corrected chi connectivity index (χ4v) is 19.8. The number of nitrogens with zero attached hydrogens (tertiary/aromatic N) is 3. The predicted octanol–water partition coefficient (Wildman–Crippen LogP) is 12.0. The van der Waals surface area contributed by atoms with E-state index in [9.17, 15) is 0 Å². The van der Waals surface area contributed by atoms with Crippen LogP contribution < -0.4 is 4.57 Å². The van der Waals surface area contributed by atoms with Crippen molar-refractivity contribution in [2.24, 2.45) is 4.63 Å². The van der Waals surface area contributed by atoms with Gasteiger partial charge in [0.2, 0.25) is 8.32 Å². The summed E-state index contributed by atoms with van der Waals surface area (Å²) in [6.45, 7) is 39.8. The SMILES string of the molecule is CC(C)c1cccc(C(C)C)c1-n1cc[n+](-c2c(C(C)C)cccc2C(C)C)c1N=[Si-]O[Si](C(C)(C)C)(C(C)(C)C)C(C)(C)C. The van der Waals surface area contributed by atoms with Gasteiger partial charge in [-0.3, -0.25) is 0 Å². The van der Waals surface area contributed by atoms with Gasteiger partial charge in [0.15, 0.2) is 0 Å².